The van der Waals surface area contributed by atoms with Gasteiger partial charge in [-0.15, -0.1) is 0 Å². The molecule has 2 N–H and O–H groups in total. The van der Waals surface area contributed by atoms with Crippen LogP contribution in [-0.4, -0.2) is 49.0 Å². The molecule has 2 bridgehead atoms. The number of carbonyl (C=O) groups excluding carboxylic acids is 1. The predicted molar refractivity (Wildman–Crippen MR) is 126 cm³/mol. The van der Waals surface area contributed by atoms with E-state index in [-0.39, 0.29) is 23.6 Å². The first-order valence-electron chi connectivity index (χ1n) is 11.5. The van der Waals surface area contributed by atoms with Gasteiger partial charge in [-0.2, -0.15) is 13.9 Å². The molecule has 0 saturated heterocycles. The first-order valence-corrected chi connectivity index (χ1v) is 11.5. The van der Waals surface area contributed by atoms with Gasteiger partial charge in [-0.25, -0.2) is 19.5 Å². The van der Waals surface area contributed by atoms with E-state index in [1.807, 2.05) is 13.8 Å². The minimum atomic E-state index is -3.01. The van der Waals surface area contributed by atoms with Gasteiger partial charge in [0.15, 0.2) is 5.65 Å². The Kier molecular flexibility index (Phi) is 4.84. The molecule has 0 fully saturated rings. The zero-order valence-corrected chi connectivity index (χ0v) is 19.8. The van der Waals surface area contributed by atoms with Crippen molar-refractivity contribution < 1.29 is 18.3 Å². The topological polar surface area (TPSA) is 112 Å². The monoisotopic (exact) mass is 491 g/mol. The van der Waals surface area contributed by atoms with Crippen LogP contribution >= 0.6 is 0 Å². The molecule has 6 rings (SSSR count). The van der Waals surface area contributed by atoms with Crippen molar-refractivity contribution in [1.29, 1.82) is 0 Å². The number of rotatable bonds is 4. The molecule has 184 valence electrons. The van der Waals surface area contributed by atoms with E-state index < -0.39 is 12.2 Å². The van der Waals surface area contributed by atoms with Crippen molar-refractivity contribution in [3.63, 3.8) is 0 Å². The highest BCUT2D eigenvalue weighted by atomic mass is 19.3. The summed E-state index contributed by atoms with van der Waals surface area (Å²) in [6, 6.07) is 6.16. The van der Waals surface area contributed by atoms with Crippen LogP contribution in [0.2, 0.25) is 0 Å². The lowest BCUT2D eigenvalue weighted by molar-refractivity contribution is -0.0505. The summed E-state index contributed by atoms with van der Waals surface area (Å²) >= 11 is 0. The number of nitrogens with zero attached hydrogens (tertiary/aromatic N) is 6. The molecule has 11 heteroatoms. The molecule has 1 amide bonds. The molecule has 4 aromatic rings. The number of alkyl halides is 2. The molecule has 36 heavy (non-hydrogen) atoms. The Morgan fingerprint density at radius 3 is 2.61 bits per heavy atom. The standard InChI is InChI=1S/C25H23F2N7O2/c1-25(2,28)23-29-10-12(11-30-23)15-7-8-34-21(31-15)19-14-9-16(20(19)32-34)33(3)22(35)13-5-4-6-17(18(13)14)36-24(26)27/h4-8,10-11,14,16,24H,9,28H2,1-3H3. The Labute approximate surface area is 204 Å². The fourth-order valence-electron chi connectivity index (χ4n) is 5.17. The minimum Gasteiger partial charge on any atom is -0.434 e. The molecule has 3 aromatic heterocycles. The molecule has 4 heterocycles. The molecule has 2 unspecified atom stereocenters. The van der Waals surface area contributed by atoms with E-state index in [1.54, 1.807) is 53.3 Å². The number of hydrogen-bond donors (Lipinski definition) is 1. The predicted octanol–water partition coefficient (Wildman–Crippen LogP) is 3.64. The summed E-state index contributed by atoms with van der Waals surface area (Å²) in [7, 11) is 1.70. The van der Waals surface area contributed by atoms with Crippen molar-refractivity contribution in [2.45, 2.75) is 44.4 Å². The van der Waals surface area contributed by atoms with Crippen LogP contribution in [0.4, 0.5) is 8.78 Å². The van der Waals surface area contributed by atoms with E-state index in [0.717, 1.165) is 5.56 Å². The van der Waals surface area contributed by atoms with Crippen molar-refractivity contribution in [1.82, 2.24) is 29.5 Å². The number of halogens is 2. The quantitative estimate of drug-likeness (QED) is 0.464. The van der Waals surface area contributed by atoms with Gasteiger partial charge >= 0.3 is 6.61 Å². The lowest BCUT2D eigenvalue weighted by Gasteiger charge is -2.23. The number of carbonyl (C=O) groups is 1. The summed E-state index contributed by atoms with van der Waals surface area (Å²) in [6.45, 7) is 0.640. The number of benzene rings is 1. The summed E-state index contributed by atoms with van der Waals surface area (Å²) in [5.41, 5.74) is 9.63. The van der Waals surface area contributed by atoms with E-state index >= 15 is 0 Å². The first-order chi connectivity index (χ1) is 17.1. The maximum Gasteiger partial charge on any atom is 0.387 e. The van der Waals surface area contributed by atoms with Gasteiger partial charge in [0.1, 0.15) is 11.6 Å². The molecule has 0 saturated carbocycles. The van der Waals surface area contributed by atoms with Crippen molar-refractivity contribution in [3.8, 4) is 17.0 Å². The lowest BCUT2D eigenvalue weighted by Crippen LogP contribution is -2.31. The van der Waals surface area contributed by atoms with Crippen LogP contribution in [0.15, 0.2) is 42.9 Å². The maximum atomic E-state index is 13.3. The summed E-state index contributed by atoms with van der Waals surface area (Å²) in [5.74, 6) is -0.139. The molecular formula is C25H23F2N7O2. The molecule has 0 spiro atoms. The number of hydrogen-bond acceptors (Lipinski definition) is 7. The average Bonchev–Trinajstić information content (AvgIpc) is 3.36. The van der Waals surface area contributed by atoms with E-state index in [4.69, 9.17) is 20.6 Å². The molecule has 2 aliphatic rings. The van der Waals surface area contributed by atoms with Gasteiger partial charge in [0.25, 0.3) is 5.91 Å². The van der Waals surface area contributed by atoms with Crippen molar-refractivity contribution >= 4 is 11.6 Å². The molecule has 0 radical (unpaired) electrons. The number of nitrogens with two attached hydrogens (primary N) is 1. The smallest absolute Gasteiger partial charge is 0.387 e. The number of aromatic nitrogens is 5. The average molecular weight is 492 g/mol. The number of amides is 1. The van der Waals surface area contributed by atoms with Gasteiger partial charge < -0.3 is 15.4 Å². The Bertz CT molecular complexity index is 1510. The Morgan fingerprint density at radius 1 is 1.17 bits per heavy atom. The fraction of sp³-hybridized carbons (Fsp3) is 0.320. The van der Waals surface area contributed by atoms with Crippen molar-refractivity contribution in [2.75, 3.05) is 7.05 Å². The zero-order chi connectivity index (χ0) is 25.4. The highest BCUT2D eigenvalue weighted by Crippen LogP contribution is 2.53. The van der Waals surface area contributed by atoms with Gasteiger partial charge in [0, 0.05) is 53.8 Å². The second kappa shape index (κ2) is 7.76. The Hall–Kier alpha value is -3.99. The maximum absolute atomic E-state index is 13.3. The third kappa shape index (κ3) is 3.34. The van der Waals surface area contributed by atoms with E-state index in [9.17, 15) is 13.6 Å². The Balaban J connectivity index is 1.52. The van der Waals surface area contributed by atoms with Crippen molar-refractivity contribution in [2.24, 2.45) is 5.73 Å². The summed E-state index contributed by atoms with van der Waals surface area (Å²) in [6.07, 6.45) is 5.63. The number of ether oxygens (including phenoxy) is 1. The highest BCUT2D eigenvalue weighted by Gasteiger charge is 2.46. The molecule has 1 aliphatic carbocycles. The summed E-state index contributed by atoms with van der Waals surface area (Å²) < 4.78 is 33.1. The fourth-order valence-corrected chi connectivity index (χ4v) is 5.17. The SMILES string of the molecule is CN1C(=O)c2cccc(OC(F)F)c2C2CC1c1nn3ccc(-c4cnc(C(C)(C)N)nc4)nc3c12. The minimum absolute atomic E-state index is 0.00774. The van der Waals surface area contributed by atoms with Crippen LogP contribution < -0.4 is 10.5 Å². The van der Waals surface area contributed by atoms with E-state index in [2.05, 4.69) is 9.97 Å². The van der Waals surface area contributed by atoms with Crippen LogP contribution in [0.25, 0.3) is 16.9 Å². The molecule has 2 atom stereocenters. The van der Waals surface area contributed by atoms with Gasteiger partial charge in [0.05, 0.1) is 23.0 Å². The van der Waals surface area contributed by atoms with Crippen LogP contribution in [-0.2, 0) is 5.54 Å². The molecule has 1 aromatic carbocycles. The molecule has 9 nitrogen and oxygen atoms in total. The first kappa shape index (κ1) is 22.5. The summed E-state index contributed by atoms with van der Waals surface area (Å²) in [4.78, 5) is 28.5. The van der Waals surface area contributed by atoms with Crippen LogP contribution in [0.3, 0.4) is 0 Å². The third-order valence-electron chi connectivity index (χ3n) is 6.85. The van der Waals surface area contributed by atoms with Gasteiger partial charge in [-0.3, -0.25) is 4.79 Å². The number of fused-ring (bicyclic) bond motifs is 9. The van der Waals surface area contributed by atoms with Gasteiger partial charge in [-0.05, 0) is 38.5 Å². The van der Waals surface area contributed by atoms with Crippen LogP contribution in [0, 0.1) is 0 Å². The van der Waals surface area contributed by atoms with E-state index in [1.165, 1.54) is 6.07 Å². The third-order valence-corrected chi connectivity index (χ3v) is 6.85. The van der Waals surface area contributed by atoms with Crippen LogP contribution in [0.1, 0.15) is 65.2 Å². The van der Waals surface area contributed by atoms with E-state index in [0.29, 0.717) is 46.0 Å². The zero-order valence-electron chi connectivity index (χ0n) is 19.8. The van der Waals surface area contributed by atoms with Crippen molar-refractivity contribution in [3.05, 3.63) is 71.1 Å². The van der Waals surface area contributed by atoms with Gasteiger partial charge in [-0.1, -0.05) is 6.07 Å². The molecule has 1 aliphatic heterocycles. The Morgan fingerprint density at radius 2 is 1.92 bits per heavy atom. The highest BCUT2D eigenvalue weighted by molar-refractivity contribution is 5.98. The largest absolute Gasteiger partial charge is 0.434 e. The lowest BCUT2D eigenvalue weighted by atomic mass is 9.89. The second-order valence-electron chi connectivity index (χ2n) is 9.71. The normalized spacial score (nSPS) is 19.0. The second-order valence-corrected chi connectivity index (χ2v) is 9.71. The molecular weight excluding hydrogens is 468 g/mol. The summed E-state index contributed by atoms with van der Waals surface area (Å²) in [5, 5.41) is 4.73. The van der Waals surface area contributed by atoms with Crippen LogP contribution in [0.5, 0.6) is 5.75 Å². The van der Waals surface area contributed by atoms with Gasteiger partial charge in [0.2, 0.25) is 0 Å².